The maximum Gasteiger partial charge on any atom is 0.251 e. The van der Waals surface area contributed by atoms with Crippen LogP contribution in [0.15, 0.2) is 24.3 Å². The van der Waals surface area contributed by atoms with Crippen LogP contribution in [0.3, 0.4) is 0 Å². The zero-order valence-electron chi connectivity index (χ0n) is 10.2. The molecule has 0 spiro atoms. The molecule has 18 heavy (non-hydrogen) atoms. The van der Waals surface area contributed by atoms with Gasteiger partial charge in [-0.3, -0.25) is 4.79 Å². The van der Waals surface area contributed by atoms with Crippen LogP contribution < -0.4 is 5.32 Å². The van der Waals surface area contributed by atoms with E-state index in [0.29, 0.717) is 12.1 Å². The standard InChI is InChI=1S/C14H18FNO2/c15-12-6-3-5-10(8-12)14(18)16-9-11-4-1-2-7-13(11)17/h3,5-6,8,11,13,17H,1-2,4,7,9H2,(H,16,18). The van der Waals surface area contributed by atoms with Gasteiger partial charge in [0.15, 0.2) is 0 Å². The maximum absolute atomic E-state index is 13.0. The third-order valence-corrected chi connectivity index (χ3v) is 3.48. The van der Waals surface area contributed by atoms with Gasteiger partial charge in [-0.15, -0.1) is 0 Å². The van der Waals surface area contributed by atoms with Crippen LogP contribution in [0.1, 0.15) is 36.0 Å². The number of carbonyl (C=O) groups excluding carboxylic acids is 1. The van der Waals surface area contributed by atoms with Gasteiger partial charge in [-0.2, -0.15) is 0 Å². The molecule has 1 aliphatic carbocycles. The van der Waals surface area contributed by atoms with Gasteiger partial charge < -0.3 is 10.4 Å². The molecule has 2 rings (SSSR count). The van der Waals surface area contributed by atoms with Crippen LogP contribution in [0.4, 0.5) is 4.39 Å². The Kier molecular flexibility index (Phi) is 4.31. The molecule has 0 aromatic heterocycles. The predicted molar refractivity (Wildman–Crippen MR) is 66.7 cm³/mol. The number of halogens is 1. The van der Waals surface area contributed by atoms with E-state index < -0.39 is 5.82 Å². The summed E-state index contributed by atoms with van der Waals surface area (Å²) in [6, 6.07) is 5.61. The van der Waals surface area contributed by atoms with E-state index in [9.17, 15) is 14.3 Å². The Hall–Kier alpha value is -1.42. The molecular formula is C14H18FNO2. The smallest absolute Gasteiger partial charge is 0.251 e. The second-order valence-corrected chi connectivity index (χ2v) is 4.83. The molecule has 1 fully saturated rings. The van der Waals surface area contributed by atoms with Gasteiger partial charge in [-0.1, -0.05) is 18.9 Å². The first-order valence-electron chi connectivity index (χ1n) is 6.38. The minimum atomic E-state index is -0.416. The molecule has 0 saturated heterocycles. The van der Waals surface area contributed by atoms with Crippen LogP contribution >= 0.6 is 0 Å². The number of benzene rings is 1. The second-order valence-electron chi connectivity index (χ2n) is 4.83. The van der Waals surface area contributed by atoms with E-state index in [2.05, 4.69) is 5.32 Å². The van der Waals surface area contributed by atoms with Crippen LogP contribution in [0.2, 0.25) is 0 Å². The molecule has 0 radical (unpaired) electrons. The summed E-state index contributed by atoms with van der Waals surface area (Å²) in [6.45, 7) is 0.455. The van der Waals surface area contributed by atoms with E-state index in [1.807, 2.05) is 0 Å². The first-order valence-corrected chi connectivity index (χ1v) is 6.38. The van der Waals surface area contributed by atoms with E-state index in [4.69, 9.17) is 0 Å². The number of hydrogen-bond acceptors (Lipinski definition) is 2. The third-order valence-electron chi connectivity index (χ3n) is 3.48. The van der Waals surface area contributed by atoms with Gasteiger partial charge in [0.25, 0.3) is 5.91 Å². The lowest BCUT2D eigenvalue weighted by Gasteiger charge is -2.27. The van der Waals surface area contributed by atoms with Crippen molar-refractivity contribution in [2.24, 2.45) is 5.92 Å². The molecule has 1 amide bonds. The lowest BCUT2D eigenvalue weighted by Crippen LogP contribution is -2.36. The van der Waals surface area contributed by atoms with Crippen molar-refractivity contribution in [2.45, 2.75) is 31.8 Å². The number of carbonyl (C=O) groups is 1. The Balaban J connectivity index is 1.88. The van der Waals surface area contributed by atoms with Gasteiger partial charge in [0.1, 0.15) is 5.82 Å². The highest BCUT2D eigenvalue weighted by Crippen LogP contribution is 2.23. The van der Waals surface area contributed by atoms with E-state index in [1.165, 1.54) is 18.2 Å². The number of hydrogen-bond donors (Lipinski definition) is 2. The quantitative estimate of drug-likeness (QED) is 0.864. The zero-order valence-corrected chi connectivity index (χ0v) is 10.2. The molecule has 0 heterocycles. The highest BCUT2D eigenvalue weighted by atomic mass is 19.1. The monoisotopic (exact) mass is 251 g/mol. The van der Waals surface area contributed by atoms with Gasteiger partial charge in [-0.25, -0.2) is 4.39 Å². The third kappa shape index (κ3) is 3.29. The van der Waals surface area contributed by atoms with Gasteiger partial charge in [0.2, 0.25) is 0 Å². The normalized spacial score (nSPS) is 23.7. The Bertz CT molecular complexity index is 422. The van der Waals surface area contributed by atoms with Crippen molar-refractivity contribution in [1.82, 2.24) is 5.32 Å². The fraction of sp³-hybridized carbons (Fsp3) is 0.500. The molecule has 98 valence electrons. The van der Waals surface area contributed by atoms with Gasteiger partial charge in [0.05, 0.1) is 6.10 Å². The van der Waals surface area contributed by atoms with Crippen LogP contribution in [0, 0.1) is 11.7 Å². The number of aliphatic hydroxyl groups is 1. The van der Waals surface area contributed by atoms with Crippen LogP contribution in [-0.2, 0) is 0 Å². The van der Waals surface area contributed by atoms with Gasteiger partial charge >= 0.3 is 0 Å². The molecule has 2 unspecified atom stereocenters. The minimum Gasteiger partial charge on any atom is -0.393 e. The predicted octanol–water partition coefficient (Wildman–Crippen LogP) is 2.11. The van der Waals surface area contributed by atoms with E-state index >= 15 is 0 Å². The summed E-state index contributed by atoms with van der Waals surface area (Å²) >= 11 is 0. The summed E-state index contributed by atoms with van der Waals surface area (Å²) in [5.41, 5.74) is 0.320. The molecule has 1 aromatic carbocycles. The molecule has 1 aromatic rings. The number of aliphatic hydroxyl groups excluding tert-OH is 1. The minimum absolute atomic E-state index is 0.122. The van der Waals surface area contributed by atoms with Crippen LogP contribution in [-0.4, -0.2) is 23.7 Å². The first-order chi connectivity index (χ1) is 8.66. The molecule has 4 heteroatoms. The Morgan fingerprint density at radius 2 is 2.17 bits per heavy atom. The second kappa shape index (κ2) is 5.96. The number of rotatable bonds is 3. The average Bonchev–Trinajstić information content (AvgIpc) is 2.37. The molecule has 2 N–H and O–H groups in total. The molecule has 0 aliphatic heterocycles. The molecule has 1 saturated carbocycles. The number of amides is 1. The zero-order chi connectivity index (χ0) is 13.0. The SMILES string of the molecule is O=C(NCC1CCCCC1O)c1cccc(F)c1. The average molecular weight is 251 g/mol. The van der Waals surface area contributed by atoms with E-state index in [1.54, 1.807) is 6.07 Å². The lowest BCUT2D eigenvalue weighted by molar-refractivity contribution is 0.0663. The Morgan fingerprint density at radius 3 is 2.89 bits per heavy atom. The van der Waals surface area contributed by atoms with Crippen molar-refractivity contribution in [3.63, 3.8) is 0 Å². The van der Waals surface area contributed by atoms with E-state index in [0.717, 1.165) is 25.7 Å². The van der Waals surface area contributed by atoms with Gasteiger partial charge in [-0.05, 0) is 31.0 Å². The Morgan fingerprint density at radius 1 is 1.39 bits per heavy atom. The fourth-order valence-corrected chi connectivity index (χ4v) is 2.38. The summed E-state index contributed by atoms with van der Waals surface area (Å²) in [5.74, 6) is -0.580. The summed E-state index contributed by atoms with van der Waals surface area (Å²) in [5, 5.41) is 12.5. The molecule has 2 atom stereocenters. The molecule has 3 nitrogen and oxygen atoms in total. The molecular weight excluding hydrogens is 233 g/mol. The highest BCUT2D eigenvalue weighted by Gasteiger charge is 2.23. The summed E-state index contributed by atoms with van der Waals surface area (Å²) in [7, 11) is 0. The first kappa shape index (κ1) is 13.0. The lowest BCUT2D eigenvalue weighted by atomic mass is 9.86. The summed E-state index contributed by atoms with van der Waals surface area (Å²) < 4.78 is 13.0. The van der Waals surface area contributed by atoms with Crippen LogP contribution in [0.5, 0.6) is 0 Å². The number of nitrogens with one attached hydrogen (secondary N) is 1. The topological polar surface area (TPSA) is 49.3 Å². The van der Waals surface area contributed by atoms with Crippen LogP contribution in [0.25, 0.3) is 0 Å². The van der Waals surface area contributed by atoms with Crippen molar-refractivity contribution in [3.8, 4) is 0 Å². The summed E-state index contributed by atoms with van der Waals surface area (Å²) in [4.78, 5) is 11.8. The van der Waals surface area contributed by atoms with Crippen molar-refractivity contribution >= 4 is 5.91 Å². The van der Waals surface area contributed by atoms with Crippen molar-refractivity contribution < 1.29 is 14.3 Å². The van der Waals surface area contributed by atoms with Crippen molar-refractivity contribution in [3.05, 3.63) is 35.6 Å². The summed E-state index contributed by atoms with van der Waals surface area (Å²) in [6.07, 6.45) is 3.56. The van der Waals surface area contributed by atoms with Gasteiger partial charge in [0, 0.05) is 18.0 Å². The van der Waals surface area contributed by atoms with Crippen molar-refractivity contribution in [2.75, 3.05) is 6.54 Å². The van der Waals surface area contributed by atoms with E-state index in [-0.39, 0.29) is 17.9 Å². The maximum atomic E-state index is 13.0. The highest BCUT2D eigenvalue weighted by molar-refractivity contribution is 5.94. The largest absolute Gasteiger partial charge is 0.393 e. The van der Waals surface area contributed by atoms with Crippen molar-refractivity contribution in [1.29, 1.82) is 0 Å². The fourth-order valence-electron chi connectivity index (χ4n) is 2.38. The molecule has 0 bridgehead atoms. The molecule has 1 aliphatic rings. The Labute approximate surface area is 106 Å².